The second-order valence-corrected chi connectivity index (χ2v) is 10.2. The molecule has 4 heterocycles. The highest BCUT2D eigenvalue weighted by Gasteiger charge is 2.33. The van der Waals surface area contributed by atoms with Gasteiger partial charge in [-0.3, -0.25) is 9.88 Å². The number of ether oxygens (including phenoxy) is 3. The number of alkyl halides is 3. The summed E-state index contributed by atoms with van der Waals surface area (Å²) in [5, 5.41) is 2.84. The number of carbonyl (C=O) groups excluding carboxylic acids is 1. The summed E-state index contributed by atoms with van der Waals surface area (Å²) in [6.45, 7) is 7.94. The SMILES string of the molecule is CCN1CCCN(C(=O)Nc2cncc(OC[C@@H]3COC(C)(C)O3)c2)c2nc(-c3cccc(C(F)(F)F)c3)ncc21. The molecule has 1 aromatic carbocycles. The molecule has 3 aromatic rings. The lowest BCUT2D eigenvalue weighted by atomic mass is 10.1. The summed E-state index contributed by atoms with van der Waals surface area (Å²) >= 11 is 0. The number of urea groups is 1. The van der Waals surface area contributed by atoms with Crippen LogP contribution in [0.15, 0.2) is 48.9 Å². The van der Waals surface area contributed by atoms with Gasteiger partial charge in [-0.15, -0.1) is 0 Å². The van der Waals surface area contributed by atoms with Gasteiger partial charge in [-0.1, -0.05) is 12.1 Å². The fourth-order valence-electron chi connectivity index (χ4n) is 4.73. The van der Waals surface area contributed by atoms with Crippen LogP contribution in [0.5, 0.6) is 5.75 Å². The van der Waals surface area contributed by atoms with E-state index in [0.29, 0.717) is 55.6 Å². The first-order chi connectivity index (χ1) is 19.5. The molecular weight excluding hydrogens is 541 g/mol. The molecule has 2 amide bonds. The number of hydrogen-bond acceptors (Lipinski definition) is 8. The van der Waals surface area contributed by atoms with Gasteiger partial charge in [-0.2, -0.15) is 13.2 Å². The minimum absolute atomic E-state index is 0.0870. The fraction of sp³-hybridized carbons (Fsp3) is 0.429. The second kappa shape index (κ2) is 11.5. The summed E-state index contributed by atoms with van der Waals surface area (Å²) in [7, 11) is 0. The molecule has 1 N–H and O–H groups in total. The van der Waals surface area contributed by atoms with Gasteiger partial charge < -0.3 is 24.4 Å². The lowest BCUT2D eigenvalue weighted by Gasteiger charge is -2.25. The number of fused-ring (bicyclic) bond motifs is 1. The zero-order chi connectivity index (χ0) is 29.2. The Morgan fingerprint density at radius 1 is 1.20 bits per heavy atom. The molecule has 0 aliphatic carbocycles. The quantitative estimate of drug-likeness (QED) is 0.422. The van der Waals surface area contributed by atoms with Gasteiger partial charge in [0.2, 0.25) is 0 Å². The standard InChI is InChI=1S/C28H31F3N6O4/c1-4-36-9-6-10-37(25-23(36)15-33-24(35-25)18-7-5-8-19(11-18)28(29,30)31)26(38)34-20-12-21(14-32-13-20)39-16-22-17-40-27(2,3)41-22/h5,7-8,11-15,22H,4,6,9-10,16-17H2,1-3H3,(H,34,38)/t22-/m1/s1. The van der Waals surface area contributed by atoms with Gasteiger partial charge in [-0.25, -0.2) is 14.8 Å². The number of anilines is 3. The topological polar surface area (TPSA) is 102 Å². The number of pyridine rings is 1. The molecule has 10 nitrogen and oxygen atoms in total. The Kier molecular flexibility index (Phi) is 8.00. The molecule has 2 aliphatic heterocycles. The Morgan fingerprint density at radius 2 is 2.02 bits per heavy atom. The van der Waals surface area contributed by atoms with Crippen molar-refractivity contribution in [1.82, 2.24) is 15.0 Å². The average Bonchev–Trinajstić information content (AvgIpc) is 3.18. The molecule has 2 aromatic heterocycles. The van der Waals surface area contributed by atoms with Crippen molar-refractivity contribution in [2.45, 2.75) is 45.3 Å². The molecule has 5 rings (SSSR count). The van der Waals surface area contributed by atoms with Gasteiger partial charge >= 0.3 is 12.2 Å². The van der Waals surface area contributed by atoms with E-state index in [1.807, 2.05) is 25.7 Å². The Hall–Kier alpha value is -3.97. The summed E-state index contributed by atoms with van der Waals surface area (Å²) < 4.78 is 57.1. The smallest absolute Gasteiger partial charge is 0.416 e. The number of halogens is 3. The number of hydrogen-bond donors (Lipinski definition) is 1. The third kappa shape index (κ3) is 6.68. The molecule has 0 saturated carbocycles. The predicted molar refractivity (Wildman–Crippen MR) is 146 cm³/mol. The number of nitrogens with one attached hydrogen (secondary N) is 1. The summed E-state index contributed by atoms with van der Waals surface area (Å²) in [6, 6.07) is 6.00. The van der Waals surface area contributed by atoms with Crippen LogP contribution >= 0.6 is 0 Å². The van der Waals surface area contributed by atoms with Gasteiger partial charge in [0, 0.05) is 31.3 Å². The van der Waals surface area contributed by atoms with E-state index < -0.39 is 23.6 Å². The molecule has 0 bridgehead atoms. The van der Waals surface area contributed by atoms with Gasteiger partial charge in [0.25, 0.3) is 0 Å². The van der Waals surface area contributed by atoms with Crippen molar-refractivity contribution in [3.63, 3.8) is 0 Å². The van der Waals surface area contributed by atoms with Gasteiger partial charge in [0.15, 0.2) is 17.4 Å². The Balaban J connectivity index is 1.37. The van der Waals surface area contributed by atoms with E-state index in [2.05, 4.69) is 20.3 Å². The molecule has 0 radical (unpaired) electrons. The van der Waals surface area contributed by atoms with Gasteiger partial charge in [-0.05, 0) is 39.3 Å². The maximum Gasteiger partial charge on any atom is 0.416 e. The summed E-state index contributed by atoms with van der Waals surface area (Å²) in [6.07, 6.45) is 0.494. The van der Waals surface area contributed by atoms with Crippen LogP contribution in [0.25, 0.3) is 11.4 Å². The van der Waals surface area contributed by atoms with Gasteiger partial charge in [0.1, 0.15) is 18.5 Å². The van der Waals surface area contributed by atoms with Crippen LogP contribution in [-0.4, -0.2) is 65.7 Å². The molecule has 0 unspecified atom stereocenters. The number of rotatable bonds is 6. The highest BCUT2D eigenvalue weighted by molar-refractivity contribution is 6.03. The monoisotopic (exact) mass is 572 g/mol. The van der Waals surface area contributed by atoms with Crippen LogP contribution < -0.4 is 19.9 Å². The number of amides is 2. The van der Waals surface area contributed by atoms with E-state index in [4.69, 9.17) is 14.2 Å². The van der Waals surface area contributed by atoms with E-state index in [9.17, 15) is 18.0 Å². The van der Waals surface area contributed by atoms with Crippen LogP contribution in [0.1, 0.15) is 32.8 Å². The van der Waals surface area contributed by atoms with E-state index in [-0.39, 0.29) is 24.1 Å². The van der Waals surface area contributed by atoms with Crippen molar-refractivity contribution >= 4 is 23.2 Å². The molecule has 1 saturated heterocycles. The number of carbonyl (C=O) groups is 1. The van der Waals surface area contributed by atoms with Crippen molar-refractivity contribution in [2.75, 3.05) is 48.0 Å². The largest absolute Gasteiger partial charge is 0.489 e. The number of benzene rings is 1. The number of aromatic nitrogens is 3. The highest BCUT2D eigenvalue weighted by atomic mass is 19.4. The Morgan fingerprint density at radius 3 is 2.76 bits per heavy atom. The Bertz CT molecular complexity index is 1400. The predicted octanol–water partition coefficient (Wildman–Crippen LogP) is 5.36. The zero-order valence-electron chi connectivity index (χ0n) is 22.9. The summed E-state index contributed by atoms with van der Waals surface area (Å²) in [5.74, 6) is 0.178. The lowest BCUT2D eigenvalue weighted by molar-refractivity contribution is -0.141. The lowest BCUT2D eigenvalue weighted by Crippen LogP contribution is -2.36. The van der Waals surface area contributed by atoms with Crippen molar-refractivity contribution < 1.29 is 32.2 Å². The highest BCUT2D eigenvalue weighted by Crippen LogP contribution is 2.35. The van der Waals surface area contributed by atoms with E-state index in [1.165, 1.54) is 29.4 Å². The molecule has 218 valence electrons. The van der Waals surface area contributed by atoms with Crippen LogP contribution in [0.2, 0.25) is 0 Å². The number of nitrogens with zero attached hydrogens (tertiary/aromatic N) is 5. The minimum atomic E-state index is -4.51. The van der Waals surface area contributed by atoms with E-state index >= 15 is 0 Å². The van der Waals surface area contributed by atoms with Crippen molar-refractivity contribution in [3.05, 3.63) is 54.5 Å². The second-order valence-electron chi connectivity index (χ2n) is 10.2. The van der Waals surface area contributed by atoms with E-state index in [0.717, 1.165) is 12.1 Å². The Labute approximate surface area is 235 Å². The van der Waals surface area contributed by atoms with Crippen molar-refractivity contribution in [2.24, 2.45) is 0 Å². The summed E-state index contributed by atoms with van der Waals surface area (Å²) in [4.78, 5) is 30.2. The molecule has 13 heteroatoms. The maximum atomic E-state index is 13.5. The van der Waals surface area contributed by atoms with Crippen molar-refractivity contribution in [1.29, 1.82) is 0 Å². The summed E-state index contributed by atoms with van der Waals surface area (Å²) in [5.41, 5.74) is 0.419. The molecule has 41 heavy (non-hydrogen) atoms. The maximum absolute atomic E-state index is 13.5. The third-order valence-electron chi connectivity index (χ3n) is 6.70. The molecule has 0 spiro atoms. The van der Waals surface area contributed by atoms with Gasteiger partial charge in [0.05, 0.1) is 42.1 Å². The van der Waals surface area contributed by atoms with E-state index in [1.54, 1.807) is 12.3 Å². The molecule has 2 aliphatic rings. The van der Waals surface area contributed by atoms with Crippen molar-refractivity contribution in [3.8, 4) is 17.1 Å². The first kappa shape index (κ1) is 28.6. The zero-order valence-corrected chi connectivity index (χ0v) is 22.9. The third-order valence-corrected chi connectivity index (χ3v) is 6.70. The first-order valence-electron chi connectivity index (χ1n) is 13.3. The first-order valence-corrected chi connectivity index (χ1v) is 13.3. The average molecular weight is 573 g/mol. The molecular formula is C28H31F3N6O4. The van der Waals surface area contributed by atoms with Crippen LogP contribution in [0.4, 0.5) is 35.2 Å². The molecule has 1 fully saturated rings. The minimum Gasteiger partial charge on any atom is -0.489 e. The normalized spacial score (nSPS) is 18.5. The van der Waals surface area contributed by atoms with Crippen LogP contribution in [-0.2, 0) is 15.7 Å². The molecule has 1 atom stereocenters. The fourth-order valence-corrected chi connectivity index (χ4v) is 4.73. The van der Waals surface area contributed by atoms with Crippen LogP contribution in [0.3, 0.4) is 0 Å². The van der Waals surface area contributed by atoms with Crippen LogP contribution in [0, 0.1) is 0 Å².